The Morgan fingerprint density at radius 1 is 1.03 bits per heavy atom. The molecule has 2 aliphatic heterocycles. The summed E-state index contributed by atoms with van der Waals surface area (Å²) in [6, 6.07) is 6.57. The van der Waals surface area contributed by atoms with Crippen molar-refractivity contribution in [1.29, 1.82) is 0 Å². The van der Waals surface area contributed by atoms with Crippen LogP contribution >= 0.6 is 0 Å². The van der Waals surface area contributed by atoms with Gasteiger partial charge in [0.25, 0.3) is 0 Å². The molecule has 0 N–H and O–H groups in total. The molecule has 0 fully saturated rings. The number of aryl methyl sites for hydroxylation is 2. The van der Waals surface area contributed by atoms with Crippen molar-refractivity contribution < 1.29 is 18.3 Å². The maximum Gasteiger partial charge on any atom is 0.169 e. The summed E-state index contributed by atoms with van der Waals surface area (Å²) in [4.78, 5) is 4.02. The number of aromatic nitrogens is 4. The Morgan fingerprint density at radius 2 is 1.87 bits per heavy atom. The van der Waals surface area contributed by atoms with E-state index in [-0.39, 0.29) is 11.7 Å². The van der Waals surface area contributed by atoms with Crippen LogP contribution < -0.4 is 9.47 Å². The lowest BCUT2D eigenvalue weighted by molar-refractivity contribution is 0.246. The van der Waals surface area contributed by atoms with E-state index in [2.05, 4.69) is 15.2 Å². The van der Waals surface area contributed by atoms with Gasteiger partial charge in [0.2, 0.25) is 0 Å². The summed E-state index contributed by atoms with van der Waals surface area (Å²) in [6.07, 6.45) is 4.16. The van der Waals surface area contributed by atoms with E-state index in [1.165, 1.54) is 6.07 Å². The summed E-state index contributed by atoms with van der Waals surface area (Å²) < 4.78 is 43.4. The van der Waals surface area contributed by atoms with Crippen molar-refractivity contribution in [3.8, 4) is 22.6 Å². The fraction of sp³-hybridized carbons (Fsp3) is 0.261. The molecule has 5 heterocycles. The Balaban J connectivity index is 1.54. The van der Waals surface area contributed by atoms with Crippen molar-refractivity contribution in [2.45, 2.75) is 25.7 Å². The zero-order valence-electron chi connectivity index (χ0n) is 16.7. The van der Waals surface area contributed by atoms with Crippen LogP contribution in [0.3, 0.4) is 0 Å². The minimum absolute atomic E-state index is 0.0633. The smallest absolute Gasteiger partial charge is 0.169 e. The van der Waals surface area contributed by atoms with Gasteiger partial charge in [-0.3, -0.25) is 9.38 Å². The summed E-state index contributed by atoms with van der Waals surface area (Å²) in [5, 5.41) is 8.28. The van der Waals surface area contributed by atoms with E-state index in [4.69, 9.17) is 9.47 Å². The number of hydrogen-bond acceptors (Lipinski definition) is 5. The Bertz CT molecular complexity index is 1350. The van der Waals surface area contributed by atoms with Gasteiger partial charge in [-0.1, -0.05) is 0 Å². The van der Waals surface area contributed by atoms with E-state index in [0.29, 0.717) is 59.8 Å². The lowest BCUT2D eigenvalue weighted by Crippen LogP contribution is -2.13. The Labute approximate surface area is 176 Å². The van der Waals surface area contributed by atoms with Gasteiger partial charge in [0.05, 0.1) is 30.5 Å². The minimum atomic E-state index is -0.404. The first-order valence-corrected chi connectivity index (χ1v) is 10.2. The quantitative estimate of drug-likeness (QED) is 0.465. The third-order valence-electron chi connectivity index (χ3n) is 6.15. The largest absolute Gasteiger partial charge is 0.493 e. The number of halogens is 2. The van der Waals surface area contributed by atoms with Crippen LogP contribution in [-0.4, -0.2) is 32.8 Å². The van der Waals surface area contributed by atoms with Crippen LogP contribution in [-0.2, 0) is 12.8 Å². The van der Waals surface area contributed by atoms with Crippen LogP contribution in [0, 0.1) is 18.6 Å². The highest BCUT2D eigenvalue weighted by Crippen LogP contribution is 2.41. The first kappa shape index (κ1) is 18.2. The summed E-state index contributed by atoms with van der Waals surface area (Å²) >= 11 is 0. The van der Waals surface area contributed by atoms with E-state index in [1.54, 1.807) is 37.6 Å². The van der Waals surface area contributed by atoms with Crippen molar-refractivity contribution in [3.63, 3.8) is 0 Å². The van der Waals surface area contributed by atoms with Crippen molar-refractivity contribution in [2.24, 2.45) is 0 Å². The molecule has 0 saturated carbocycles. The van der Waals surface area contributed by atoms with Crippen molar-refractivity contribution >= 4 is 5.65 Å². The van der Waals surface area contributed by atoms with Gasteiger partial charge in [0, 0.05) is 22.9 Å². The number of nitrogens with zero attached hydrogens (tertiary/aromatic N) is 4. The molecule has 4 aromatic rings. The summed E-state index contributed by atoms with van der Waals surface area (Å²) in [5.74, 6) is 0.632. The molecule has 0 unspecified atom stereocenters. The number of fused-ring (bicyclic) bond motifs is 3. The Kier molecular flexibility index (Phi) is 3.96. The highest BCUT2D eigenvalue weighted by Gasteiger charge is 2.31. The fourth-order valence-corrected chi connectivity index (χ4v) is 4.62. The highest BCUT2D eigenvalue weighted by molar-refractivity contribution is 5.79. The third-order valence-corrected chi connectivity index (χ3v) is 6.15. The van der Waals surface area contributed by atoms with E-state index < -0.39 is 5.82 Å². The zero-order chi connectivity index (χ0) is 21.1. The fourth-order valence-electron chi connectivity index (χ4n) is 4.62. The molecule has 6 rings (SSSR count). The summed E-state index contributed by atoms with van der Waals surface area (Å²) in [7, 11) is 0. The highest BCUT2D eigenvalue weighted by atomic mass is 19.1. The van der Waals surface area contributed by atoms with Gasteiger partial charge in [-0.25, -0.2) is 8.78 Å². The number of pyridine rings is 2. The topological polar surface area (TPSA) is 61.5 Å². The maximum absolute atomic E-state index is 14.9. The summed E-state index contributed by atoms with van der Waals surface area (Å²) in [6.45, 7) is 2.40. The number of rotatable bonds is 1. The number of ether oxygens (including phenoxy) is 2. The van der Waals surface area contributed by atoms with Gasteiger partial charge in [-0.15, -0.1) is 10.2 Å². The number of benzene rings is 1. The average molecular weight is 420 g/mol. The first-order valence-electron chi connectivity index (χ1n) is 10.2. The lowest BCUT2D eigenvalue weighted by Gasteiger charge is -2.16. The second-order valence-electron chi connectivity index (χ2n) is 7.91. The first-order chi connectivity index (χ1) is 15.1. The van der Waals surface area contributed by atoms with Crippen LogP contribution in [0.15, 0.2) is 36.8 Å². The van der Waals surface area contributed by atoms with Crippen molar-refractivity contribution in [2.75, 3.05) is 13.2 Å². The molecule has 6 nitrogen and oxygen atoms in total. The monoisotopic (exact) mass is 420 g/mol. The standard InChI is InChI=1S/C23H18F2N4O2/c1-12-22(25)14(6-7-26-12)16-8-20-18(29-11-27-28-23(16)29)4-2-15-17(24)3-5-19-21(15)13(9-30-19)10-31-20/h3,5-8,11,13H,2,4,9-10H2,1H3/t13-/m1/s1. The van der Waals surface area contributed by atoms with Crippen molar-refractivity contribution in [3.05, 3.63) is 70.9 Å². The van der Waals surface area contributed by atoms with E-state index in [9.17, 15) is 8.78 Å². The molecule has 156 valence electrons. The van der Waals surface area contributed by atoms with E-state index in [1.807, 2.05) is 4.40 Å². The molecule has 3 aromatic heterocycles. The lowest BCUT2D eigenvalue weighted by atomic mass is 9.93. The minimum Gasteiger partial charge on any atom is -0.493 e. The van der Waals surface area contributed by atoms with Crippen LogP contribution in [0.5, 0.6) is 11.5 Å². The Hall–Kier alpha value is -3.55. The molecule has 0 spiro atoms. The number of hydrogen-bond donors (Lipinski definition) is 0. The SMILES string of the molecule is Cc1nccc(-c2cc3c(n4cnnc24)CCc2c(F)ccc4c2[C@H](CO4)CO3)c1F. The molecule has 31 heavy (non-hydrogen) atoms. The Morgan fingerprint density at radius 3 is 2.74 bits per heavy atom. The molecular formula is C23H18F2N4O2. The van der Waals surface area contributed by atoms with Gasteiger partial charge in [0.15, 0.2) is 11.5 Å². The molecule has 1 aromatic carbocycles. The maximum atomic E-state index is 14.9. The van der Waals surface area contributed by atoms with Gasteiger partial charge in [0.1, 0.15) is 23.6 Å². The molecule has 0 saturated heterocycles. The second-order valence-corrected chi connectivity index (χ2v) is 7.91. The molecular weight excluding hydrogens is 402 g/mol. The van der Waals surface area contributed by atoms with Crippen LogP contribution in [0.25, 0.3) is 16.8 Å². The van der Waals surface area contributed by atoms with Gasteiger partial charge in [-0.2, -0.15) is 0 Å². The molecule has 0 radical (unpaired) electrons. The average Bonchev–Trinajstić information content (AvgIpc) is 3.41. The second kappa shape index (κ2) is 6.73. The van der Waals surface area contributed by atoms with E-state index >= 15 is 0 Å². The molecule has 0 bridgehead atoms. The predicted octanol–water partition coefficient (Wildman–Crippen LogP) is 4.03. The van der Waals surface area contributed by atoms with Crippen LogP contribution in [0.2, 0.25) is 0 Å². The van der Waals surface area contributed by atoms with Gasteiger partial charge < -0.3 is 9.47 Å². The van der Waals surface area contributed by atoms with Crippen molar-refractivity contribution in [1.82, 2.24) is 19.6 Å². The van der Waals surface area contributed by atoms with Gasteiger partial charge in [-0.05, 0) is 49.6 Å². The molecule has 2 aliphatic rings. The molecule has 0 amide bonds. The predicted molar refractivity (Wildman–Crippen MR) is 108 cm³/mol. The third kappa shape index (κ3) is 2.71. The molecule has 8 heteroatoms. The zero-order valence-corrected chi connectivity index (χ0v) is 16.7. The van der Waals surface area contributed by atoms with E-state index in [0.717, 1.165) is 17.0 Å². The van der Waals surface area contributed by atoms with Crippen LogP contribution in [0.4, 0.5) is 8.78 Å². The van der Waals surface area contributed by atoms with Gasteiger partial charge >= 0.3 is 0 Å². The molecule has 1 atom stereocenters. The normalized spacial score (nSPS) is 17.2. The molecule has 0 aliphatic carbocycles. The van der Waals surface area contributed by atoms with Crippen LogP contribution in [0.1, 0.15) is 28.4 Å². The summed E-state index contributed by atoms with van der Waals surface area (Å²) in [5.41, 5.74) is 4.17.